The van der Waals surface area contributed by atoms with Crippen molar-refractivity contribution in [2.45, 2.75) is 58.4 Å². The Morgan fingerprint density at radius 1 is 0.720 bits per heavy atom. The molecule has 0 radical (unpaired) electrons. The van der Waals surface area contributed by atoms with Crippen molar-refractivity contribution in [3.63, 3.8) is 0 Å². The summed E-state index contributed by atoms with van der Waals surface area (Å²) in [5.74, 6) is 0. The Morgan fingerprint density at radius 3 is 1.64 bits per heavy atom. The van der Waals surface area contributed by atoms with Crippen LogP contribution in [0.1, 0.15) is 64.0 Å². The lowest BCUT2D eigenvalue weighted by molar-refractivity contribution is 0.182. The molecule has 1 fully saturated rings. The summed E-state index contributed by atoms with van der Waals surface area (Å²) >= 11 is 0. The molecule has 0 heterocycles. The van der Waals surface area contributed by atoms with Crippen molar-refractivity contribution in [2.75, 3.05) is 0 Å². The van der Waals surface area contributed by atoms with Crippen LogP contribution in [0.25, 0.3) is 0 Å². The second kappa shape index (κ2) is 7.43. The van der Waals surface area contributed by atoms with Crippen LogP contribution in [0.2, 0.25) is 0 Å². The molecular weight excluding hydrogens is 304 g/mol. The van der Waals surface area contributed by atoms with Gasteiger partial charge in [-0.25, -0.2) is 0 Å². The summed E-state index contributed by atoms with van der Waals surface area (Å²) < 4.78 is 0. The Bertz CT molecular complexity index is 648. The molecule has 1 aliphatic carbocycles. The molecule has 0 atom stereocenters. The van der Waals surface area contributed by atoms with E-state index in [4.69, 9.17) is 5.10 Å². The maximum atomic E-state index is 4.94. The van der Waals surface area contributed by atoms with Crippen LogP contribution >= 0.6 is 0 Å². The molecule has 3 rings (SSSR count). The zero-order chi connectivity index (χ0) is 17.8. The van der Waals surface area contributed by atoms with E-state index in [0.717, 1.165) is 12.8 Å². The van der Waals surface area contributed by atoms with Crippen LogP contribution in [0.4, 0.5) is 0 Å². The Morgan fingerprint density at radius 2 is 1.20 bits per heavy atom. The van der Waals surface area contributed by atoms with Gasteiger partial charge in [0.05, 0.1) is 0 Å². The van der Waals surface area contributed by atoms with Gasteiger partial charge in [0.1, 0.15) is 5.54 Å². The van der Waals surface area contributed by atoms with Gasteiger partial charge >= 0.3 is 0 Å². The largest absolute Gasteiger partial charge is 0.295 e. The van der Waals surface area contributed by atoms with E-state index in [-0.39, 0.29) is 11.0 Å². The lowest BCUT2D eigenvalue weighted by Gasteiger charge is -2.45. The van der Waals surface area contributed by atoms with Gasteiger partial charge in [-0.3, -0.25) is 5.43 Å². The number of rotatable bonds is 4. The molecule has 0 bridgehead atoms. The average Bonchev–Trinajstić information content (AvgIpc) is 2.64. The molecule has 0 unspecified atom stereocenters. The summed E-state index contributed by atoms with van der Waals surface area (Å²) in [7, 11) is 0. The minimum atomic E-state index is -0.361. The standard InChI is InChI=1S/C23H30N2/c1-22(2,3)23(19-13-7-4-8-14-19,20-15-9-5-10-16-20)25-24-21-17-11-6-12-18-21/h4-5,7-10,13-16,25H,6,11-12,17-18H2,1-3H3. The summed E-state index contributed by atoms with van der Waals surface area (Å²) in [6, 6.07) is 21.5. The molecule has 0 aliphatic heterocycles. The maximum absolute atomic E-state index is 4.94. The predicted octanol–water partition coefficient (Wildman–Crippen LogP) is 5.89. The Labute approximate surface area is 152 Å². The van der Waals surface area contributed by atoms with Crippen molar-refractivity contribution in [2.24, 2.45) is 10.5 Å². The maximum Gasteiger partial charge on any atom is 0.109 e. The normalized spacial score (nSPS) is 15.7. The number of benzene rings is 2. The highest BCUT2D eigenvalue weighted by Gasteiger charge is 2.45. The van der Waals surface area contributed by atoms with Crippen LogP contribution < -0.4 is 5.43 Å². The lowest BCUT2D eigenvalue weighted by atomic mass is 9.66. The van der Waals surface area contributed by atoms with E-state index in [1.54, 1.807) is 0 Å². The fourth-order valence-electron chi connectivity index (χ4n) is 3.94. The van der Waals surface area contributed by atoms with Crippen molar-refractivity contribution in [3.8, 4) is 0 Å². The Balaban J connectivity index is 2.12. The van der Waals surface area contributed by atoms with Gasteiger partial charge in [0.15, 0.2) is 0 Å². The molecule has 0 aromatic heterocycles. The summed E-state index contributed by atoms with van der Waals surface area (Å²) in [5, 5.41) is 4.94. The van der Waals surface area contributed by atoms with Gasteiger partial charge in [0.25, 0.3) is 0 Å². The first kappa shape index (κ1) is 17.7. The van der Waals surface area contributed by atoms with Crippen LogP contribution in [0.5, 0.6) is 0 Å². The molecule has 1 saturated carbocycles. The van der Waals surface area contributed by atoms with Crippen molar-refractivity contribution in [1.29, 1.82) is 0 Å². The number of nitrogens with one attached hydrogen (secondary N) is 1. The zero-order valence-electron chi connectivity index (χ0n) is 15.8. The number of nitrogens with zero attached hydrogens (tertiary/aromatic N) is 1. The van der Waals surface area contributed by atoms with Gasteiger partial charge in [0, 0.05) is 5.71 Å². The summed E-state index contributed by atoms with van der Waals surface area (Å²) in [6.45, 7) is 6.88. The first-order valence-electron chi connectivity index (χ1n) is 9.48. The van der Waals surface area contributed by atoms with E-state index < -0.39 is 0 Å². The smallest absolute Gasteiger partial charge is 0.109 e. The third kappa shape index (κ3) is 3.63. The lowest BCUT2D eigenvalue weighted by Crippen LogP contribution is -2.51. The molecule has 2 aromatic rings. The SMILES string of the molecule is CC(C)(C)C(NN=C1CCCCC1)(c1ccccc1)c1ccccc1. The van der Waals surface area contributed by atoms with Crippen molar-refractivity contribution in [1.82, 2.24) is 5.43 Å². The molecular formula is C23H30N2. The molecule has 0 amide bonds. The number of hydrogen-bond donors (Lipinski definition) is 1. The zero-order valence-corrected chi connectivity index (χ0v) is 15.8. The van der Waals surface area contributed by atoms with E-state index in [9.17, 15) is 0 Å². The first-order chi connectivity index (χ1) is 12.0. The molecule has 1 N–H and O–H groups in total. The minimum absolute atomic E-state index is 0.0472. The monoisotopic (exact) mass is 334 g/mol. The van der Waals surface area contributed by atoms with Crippen LogP contribution in [0, 0.1) is 5.41 Å². The number of hydrogen-bond acceptors (Lipinski definition) is 2. The van der Waals surface area contributed by atoms with Gasteiger partial charge in [-0.05, 0) is 42.2 Å². The van der Waals surface area contributed by atoms with E-state index in [1.807, 2.05) is 0 Å². The summed E-state index contributed by atoms with van der Waals surface area (Å²) in [6.07, 6.45) is 6.10. The van der Waals surface area contributed by atoms with Crippen molar-refractivity contribution in [3.05, 3.63) is 71.8 Å². The topological polar surface area (TPSA) is 24.4 Å². The third-order valence-electron chi connectivity index (χ3n) is 5.35. The van der Waals surface area contributed by atoms with Crippen molar-refractivity contribution < 1.29 is 0 Å². The molecule has 2 aromatic carbocycles. The van der Waals surface area contributed by atoms with Gasteiger partial charge < -0.3 is 0 Å². The highest BCUT2D eigenvalue weighted by Crippen LogP contribution is 2.44. The molecule has 0 spiro atoms. The Hall–Kier alpha value is -2.09. The average molecular weight is 335 g/mol. The van der Waals surface area contributed by atoms with Crippen LogP contribution in [-0.4, -0.2) is 5.71 Å². The van der Waals surface area contributed by atoms with Gasteiger partial charge in [0.2, 0.25) is 0 Å². The second-order valence-electron chi connectivity index (χ2n) is 8.08. The number of hydrazone groups is 1. The van der Waals surface area contributed by atoms with Gasteiger partial charge in [-0.15, -0.1) is 0 Å². The fraction of sp³-hybridized carbons (Fsp3) is 0.435. The van der Waals surface area contributed by atoms with E-state index >= 15 is 0 Å². The minimum Gasteiger partial charge on any atom is -0.295 e. The van der Waals surface area contributed by atoms with E-state index in [2.05, 4.69) is 86.9 Å². The second-order valence-corrected chi connectivity index (χ2v) is 8.08. The Kier molecular flexibility index (Phi) is 5.27. The summed E-state index contributed by atoms with van der Waals surface area (Å²) in [5.41, 5.74) is 7.08. The molecule has 0 saturated heterocycles. The fourth-order valence-corrected chi connectivity index (χ4v) is 3.94. The van der Waals surface area contributed by atoms with E-state index in [1.165, 1.54) is 36.1 Å². The van der Waals surface area contributed by atoms with Gasteiger partial charge in [-0.2, -0.15) is 5.10 Å². The molecule has 2 nitrogen and oxygen atoms in total. The molecule has 25 heavy (non-hydrogen) atoms. The molecule has 132 valence electrons. The molecule has 1 aliphatic rings. The third-order valence-corrected chi connectivity index (χ3v) is 5.35. The van der Waals surface area contributed by atoms with Crippen LogP contribution in [-0.2, 0) is 5.54 Å². The van der Waals surface area contributed by atoms with Crippen LogP contribution in [0.15, 0.2) is 65.8 Å². The van der Waals surface area contributed by atoms with Crippen LogP contribution in [0.3, 0.4) is 0 Å². The van der Waals surface area contributed by atoms with Crippen molar-refractivity contribution >= 4 is 5.71 Å². The highest BCUT2D eigenvalue weighted by molar-refractivity contribution is 5.84. The quantitative estimate of drug-likeness (QED) is 0.693. The predicted molar refractivity (Wildman–Crippen MR) is 107 cm³/mol. The van der Waals surface area contributed by atoms with Gasteiger partial charge in [-0.1, -0.05) is 87.9 Å². The highest BCUT2D eigenvalue weighted by atomic mass is 15.3. The summed E-state index contributed by atoms with van der Waals surface area (Å²) in [4.78, 5) is 0. The van der Waals surface area contributed by atoms with E-state index in [0.29, 0.717) is 0 Å². The first-order valence-corrected chi connectivity index (χ1v) is 9.48. The molecule has 2 heteroatoms.